The molecule has 2 heterocycles. The van der Waals surface area contributed by atoms with Crippen LogP contribution in [0.25, 0.3) is 0 Å². The Morgan fingerprint density at radius 2 is 2.42 bits per heavy atom. The maximum atomic E-state index is 10.1. The van der Waals surface area contributed by atoms with E-state index in [0.717, 1.165) is 39.0 Å². The summed E-state index contributed by atoms with van der Waals surface area (Å²) in [5.41, 5.74) is 0. The average molecular weight is 171 g/mol. The van der Waals surface area contributed by atoms with Gasteiger partial charge in [-0.15, -0.1) is 0 Å². The highest BCUT2D eigenvalue weighted by molar-refractivity contribution is 4.87. The molecule has 70 valence electrons. The van der Waals surface area contributed by atoms with Crippen LogP contribution in [0, 0.1) is 5.92 Å². The summed E-state index contributed by atoms with van der Waals surface area (Å²) in [7, 11) is 2.11. The van der Waals surface area contributed by atoms with Gasteiger partial charge in [-0.25, -0.2) is 0 Å². The van der Waals surface area contributed by atoms with Gasteiger partial charge in [0.2, 0.25) is 0 Å². The molecular weight excluding hydrogens is 154 g/mol. The van der Waals surface area contributed by atoms with Crippen LogP contribution in [0.5, 0.6) is 0 Å². The lowest BCUT2D eigenvalue weighted by atomic mass is 9.85. The molecule has 0 amide bonds. The predicted octanol–water partition coefficient (Wildman–Crippen LogP) is 0.437. The smallest absolute Gasteiger partial charge is 0.170 e. The number of piperidine rings is 1. The van der Waals surface area contributed by atoms with Crippen LogP contribution in [0.15, 0.2) is 0 Å². The molecule has 2 atom stereocenters. The summed E-state index contributed by atoms with van der Waals surface area (Å²) in [6.07, 6.45) is 2.98. The van der Waals surface area contributed by atoms with Crippen LogP contribution in [0.2, 0.25) is 0 Å². The molecule has 2 fully saturated rings. The number of likely N-dealkylation sites (tertiary alicyclic amines) is 1. The highest BCUT2D eigenvalue weighted by Gasteiger charge is 2.43. The summed E-state index contributed by atoms with van der Waals surface area (Å²) in [5.74, 6) is -0.449. The van der Waals surface area contributed by atoms with Crippen LogP contribution >= 0.6 is 0 Å². The Labute approximate surface area is 73.3 Å². The largest absolute Gasteiger partial charge is 0.365 e. The number of rotatable bonds is 0. The topological polar surface area (TPSA) is 32.7 Å². The molecule has 0 aromatic rings. The van der Waals surface area contributed by atoms with Gasteiger partial charge in [-0.05, 0) is 19.9 Å². The van der Waals surface area contributed by atoms with Crippen LogP contribution in [0.3, 0.4) is 0 Å². The van der Waals surface area contributed by atoms with Gasteiger partial charge in [0.1, 0.15) is 0 Å². The lowest BCUT2D eigenvalue weighted by Crippen LogP contribution is -2.54. The molecule has 0 aromatic heterocycles. The van der Waals surface area contributed by atoms with Crippen LogP contribution in [0.1, 0.15) is 19.3 Å². The number of hydrogen-bond acceptors (Lipinski definition) is 3. The second-order valence-electron chi connectivity index (χ2n) is 4.04. The normalized spacial score (nSPS) is 44.0. The third kappa shape index (κ3) is 1.37. The number of aliphatic hydroxyl groups is 1. The second-order valence-corrected chi connectivity index (χ2v) is 4.04. The molecule has 2 saturated heterocycles. The van der Waals surface area contributed by atoms with Crippen LogP contribution in [0.4, 0.5) is 0 Å². The maximum Gasteiger partial charge on any atom is 0.170 e. The van der Waals surface area contributed by atoms with Gasteiger partial charge in [0, 0.05) is 25.4 Å². The third-order valence-electron chi connectivity index (χ3n) is 3.07. The first-order valence-electron chi connectivity index (χ1n) is 4.75. The molecule has 3 heteroatoms. The van der Waals surface area contributed by atoms with Crippen LogP contribution in [-0.4, -0.2) is 42.5 Å². The van der Waals surface area contributed by atoms with Crippen molar-refractivity contribution in [2.24, 2.45) is 5.92 Å². The fraction of sp³-hybridized carbons (Fsp3) is 1.00. The molecule has 0 spiro atoms. The van der Waals surface area contributed by atoms with E-state index in [1.807, 2.05) is 0 Å². The van der Waals surface area contributed by atoms with Crippen molar-refractivity contribution in [1.29, 1.82) is 0 Å². The monoisotopic (exact) mass is 171 g/mol. The Balaban J connectivity index is 2.06. The van der Waals surface area contributed by atoms with Gasteiger partial charge in [-0.3, -0.25) is 0 Å². The van der Waals surface area contributed by atoms with E-state index in [4.69, 9.17) is 4.74 Å². The van der Waals surface area contributed by atoms with Gasteiger partial charge in [-0.1, -0.05) is 0 Å². The molecule has 1 N–H and O–H groups in total. The Hall–Kier alpha value is -0.120. The van der Waals surface area contributed by atoms with E-state index in [9.17, 15) is 5.11 Å². The molecular formula is C9H17NO2. The quantitative estimate of drug-likeness (QED) is 0.574. The first-order valence-corrected chi connectivity index (χ1v) is 4.75. The Bertz CT molecular complexity index is 174. The first kappa shape index (κ1) is 8.48. The van der Waals surface area contributed by atoms with E-state index >= 15 is 0 Å². The SMILES string of the molecule is CN1CC[C@@]2(O)OCCC[C@@H]2C1. The first-order chi connectivity index (χ1) is 5.71. The fourth-order valence-corrected chi connectivity index (χ4v) is 2.25. The second kappa shape index (κ2) is 2.98. The van der Waals surface area contributed by atoms with Crippen molar-refractivity contribution in [3.05, 3.63) is 0 Å². The molecule has 3 nitrogen and oxygen atoms in total. The molecule has 0 aromatic carbocycles. The number of hydrogen-bond donors (Lipinski definition) is 1. The van der Waals surface area contributed by atoms with Gasteiger partial charge in [-0.2, -0.15) is 0 Å². The van der Waals surface area contributed by atoms with E-state index in [-0.39, 0.29) is 0 Å². The van der Waals surface area contributed by atoms with E-state index in [0.29, 0.717) is 5.92 Å². The Kier molecular flexibility index (Phi) is 2.10. The fourth-order valence-electron chi connectivity index (χ4n) is 2.25. The molecule has 2 aliphatic heterocycles. The van der Waals surface area contributed by atoms with Gasteiger partial charge in [0.25, 0.3) is 0 Å². The summed E-state index contributed by atoms with van der Waals surface area (Å²) in [6, 6.07) is 0. The minimum Gasteiger partial charge on any atom is -0.365 e. The highest BCUT2D eigenvalue weighted by Crippen LogP contribution is 2.35. The van der Waals surface area contributed by atoms with Crippen LogP contribution in [-0.2, 0) is 4.74 Å². The molecule has 2 aliphatic rings. The maximum absolute atomic E-state index is 10.1. The predicted molar refractivity (Wildman–Crippen MR) is 45.7 cm³/mol. The number of ether oxygens (including phenoxy) is 1. The number of nitrogens with zero attached hydrogens (tertiary/aromatic N) is 1. The summed E-state index contributed by atoms with van der Waals surface area (Å²) in [6.45, 7) is 2.67. The Morgan fingerprint density at radius 1 is 1.58 bits per heavy atom. The molecule has 0 unspecified atom stereocenters. The van der Waals surface area contributed by atoms with E-state index < -0.39 is 5.79 Å². The molecule has 2 rings (SSSR count). The van der Waals surface area contributed by atoms with Crippen molar-refractivity contribution in [3.63, 3.8) is 0 Å². The zero-order chi connectivity index (χ0) is 8.60. The molecule has 0 radical (unpaired) electrons. The van der Waals surface area contributed by atoms with Gasteiger partial charge < -0.3 is 14.7 Å². The lowest BCUT2D eigenvalue weighted by Gasteiger charge is -2.45. The minimum absolute atomic E-state index is 0.338. The lowest BCUT2D eigenvalue weighted by molar-refractivity contribution is -0.275. The molecule has 0 bridgehead atoms. The van der Waals surface area contributed by atoms with E-state index in [1.54, 1.807) is 0 Å². The van der Waals surface area contributed by atoms with Crippen molar-refractivity contribution in [2.45, 2.75) is 25.0 Å². The van der Waals surface area contributed by atoms with Gasteiger partial charge in [0.05, 0.1) is 6.61 Å². The van der Waals surface area contributed by atoms with E-state index in [1.165, 1.54) is 0 Å². The standard InChI is InChI=1S/C9H17NO2/c1-10-5-4-9(11)8(7-10)3-2-6-12-9/h8,11H,2-7H2,1H3/t8-,9-/m1/s1. The summed E-state index contributed by atoms with van der Waals surface area (Å²) in [5, 5.41) is 10.1. The highest BCUT2D eigenvalue weighted by atomic mass is 16.6. The van der Waals surface area contributed by atoms with Crippen molar-refractivity contribution in [3.8, 4) is 0 Å². The molecule has 0 saturated carbocycles. The molecule has 0 aliphatic carbocycles. The zero-order valence-electron chi connectivity index (χ0n) is 7.62. The average Bonchev–Trinajstić information content (AvgIpc) is 2.06. The summed E-state index contributed by atoms with van der Waals surface area (Å²) >= 11 is 0. The molecule has 12 heavy (non-hydrogen) atoms. The van der Waals surface area contributed by atoms with Gasteiger partial charge >= 0.3 is 0 Å². The van der Waals surface area contributed by atoms with Crippen molar-refractivity contribution in [1.82, 2.24) is 4.90 Å². The zero-order valence-corrected chi connectivity index (χ0v) is 7.62. The third-order valence-corrected chi connectivity index (χ3v) is 3.07. The van der Waals surface area contributed by atoms with Crippen molar-refractivity contribution >= 4 is 0 Å². The van der Waals surface area contributed by atoms with Crippen molar-refractivity contribution < 1.29 is 9.84 Å². The summed E-state index contributed by atoms with van der Waals surface area (Å²) in [4.78, 5) is 2.27. The van der Waals surface area contributed by atoms with E-state index in [2.05, 4.69) is 11.9 Å². The van der Waals surface area contributed by atoms with Gasteiger partial charge in [0.15, 0.2) is 5.79 Å². The minimum atomic E-state index is -0.787. The van der Waals surface area contributed by atoms with Crippen molar-refractivity contribution in [2.75, 3.05) is 26.7 Å². The number of fused-ring (bicyclic) bond motifs is 1. The Morgan fingerprint density at radius 3 is 3.25 bits per heavy atom. The summed E-state index contributed by atoms with van der Waals surface area (Å²) < 4.78 is 5.45. The van der Waals surface area contributed by atoms with Crippen LogP contribution < -0.4 is 0 Å².